The molecule has 0 unspecified atom stereocenters. The van der Waals surface area contributed by atoms with Gasteiger partial charge in [0.15, 0.2) is 5.13 Å². The summed E-state index contributed by atoms with van der Waals surface area (Å²) in [4.78, 5) is 19.6. The summed E-state index contributed by atoms with van der Waals surface area (Å²) in [5.41, 5.74) is 1.16. The van der Waals surface area contributed by atoms with Gasteiger partial charge in [0.05, 0.1) is 12.1 Å². The molecule has 0 amide bonds. The predicted octanol–water partition coefficient (Wildman–Crippen LogP) is 1.30. The van der Waals surface area contributed by atoms with Crippen molar-refractivity contribution in [2.24, 2.45) is 0 Å². The van der Waals surface area contributed by atoms with Crippen LogP contribution in [0.2, 0.25) is 0 Å². The number of thiazole rings is 1. The molecule has 6 heteroatoms. The Morgan fingerprint density at radius 3 is 2.72 bits per heavy atom. The molecular weight excluding hydrogens is 250 g/mol. The maximum atomic E-state index is 10.5. The minimum atomic E-state index is -0.718. The van der Waals surface area contributed by atoms with Crippen molar-refractivity contribution in [2.45, 2.75) is 19.8 Å². The highest BCUT2D eigenvalue weighted by atomic mass is 32.1. The highest BCUT2D eigenvalue weighted by Crippen LogP contribution is 2.22. The summed E-state index contributed by atoms with van der Waals surface area (Å²) in [7, 11) is 0. The molecule has 1 aliphatic heterocycles. The van der Waals surface area contributed by atoms with E-state index >= 15 is 0 Å². The third-order valence-electron chi connectivity index (χ3n) is 3.19. The predicted molar refractivity (Wildman–Crippen MR) is 72.4 cm³/mol. The smallest absolute Gasteiger partial charge is 0.304 e. The summed E-state index contributed by atoms with van der Waals surface area (Å²) in [6.07, 6.45) is 1.21. The average Bonchev–Trinajstić information content (AvgIpc) is 2.85. The molecule has 0 atom stereocenters. The van der Waals surface area contributed by atoms with E-state index in [-0.39, 0.29) is 6.42 Å². The fraction of sp³-hybridized carbons (Fsp3) is 0.667. The molecule has 1 aromatic heterocycles. The maximum Gasteiger partial charge on any atom is 0.304 e. The summed E-state index contributed by atoms with van der Waals surface area (Å²) in [5.74, 6) is -0.718. The van der Waals surface area contributed by atoms with E-state index in [0.29, 0.717) is 6.54 Å². The van der Waals surface area contributed by atoms with Gasteiger partial charge in [0.2, 0.25) is 0 Å². The number of carboxylic acid groups (broad SMARTS) is 1. The Hall–Kier alpha value is -1.14. The lowest BCUT2D eigenvalue weighted by molar-refractivity contribution is -0.137. The van der Waals surface area contributed by atoms with E-state index in [1.165, 1.54) is 0 Å². The molecule has 0 radical (unpaired) electrons. The van der Waals surface area contributed by atoms with Crippen molar-refractivity contribution in [1.29, 1.82) is 0 Å². The molecule has 0 saturated carbocycles. The number of hydrogen-bond acceptors (Lipinski definition) is 5. The number of aromatic nitrogens is 1. The standard InChI is InChI=1S/C12H19N3O2S/c1-2-10-9-18-12(13-10)15-7-5-14(6-8-15)4-3-11(16)17/h9H,2-8H2,1H3,(H,16,17). The van der Waals surface area contributed by atoms with Crippen molar-refractivity contribution in [3.8, 4) is 0 Å². The molecular formula is C12H19N3O2S. The van der Waals surface area contributed by atoms with Crippen LogP contribution in [-0.4, -0.2) is 53.7 Å². The molecule has 1 saturated heterocycles. The van der Waals surface area contributed by atoms with Crippen molar-refractivity contribution >= 4 is 22.4 Å². The van der Waals surface area contributed by atoms with Crippen molar-refractivity contribution in [2.75, 3.05) is 37.6 Å². The Balaban J connectivity index is 1.81. The Morgan fingerprint density at radius 1 is 1.44 bits per heavy atom. The average molecular weight is 269 g/mol. The number of carbonyl (C=O) groups is 1. The van der Waals surface area contributed by atoms with Gasteiger partial charge in [0, 0.05) is 38.1 Å². The van der Waals surface area contributed by atoms with Crippen LogP contribution in [0.25, 0.3) is 0 Å². The number of hydrogen-bond donors (Lipinski definition) is 1. The third kappa shape index (κ3) is 3.43. The molecule has 2 rings (SSSR count). The van der Waals surface area contributed by atoms with Crippen molar-refractivity contribution in [3.63, 3.8) is 0 Å². The third-order valence-corrected chi connectivity index (χ3v) is 4.14. The lowest BCUT2D eigenvalue weighted by Crippen LogP contribution is -2.46. The van der Waals surface area contributed by atoms with E-state index in [1.54, 1.807) is 11.3 Å². The largest absolute Gasteiger partial charge is 0.481 e. The second-order valence-corrected chi connectivity index (χ2v) is 5.28. The first-order valence-corrected chi connectivity index (χ1v) is 7.20. The van der Waals surface area contributed by atoms with Crippen molar-refractivity contribution in [3.05, 3.63) is 11.1 Å². The van der Waals surface area contributed by atoms with Crippen molar-refractivity contribution < 1.29 is 9.90 Å². The molecule has 0 aromatic carbocycles. The highest BCUT2D eigenvalue weighted by Gasteiger charge is 2.19. The van der Waals surface area contributed by atoms with Crippen LogP contribution in [0.1, 0.15) is 19.0 Å². The molecule has 18 heavy (non-hydrogen) atoms. The molecule has 0 spiro atoms. The van der Waals surface area contributed by atoms with Crippen LogP contribution in [0.4, 0.5) is 5.13 Å². The summed E-state index contributed by atoms with van der Waals surface area (Å²) < 4.78 is 0. The number of piperazine rings is 1. The van der Waals surface area contributed by atoms with Crippen LogP contribution in [0.15, 0.2) is 5.38 Å². The minimum absolute atomic E-state index is 0.233. The normalized spacial score (nSPS) is 17.1. The van der Waals surface area contributed by atoms with E-state index < -0.39 is 5.97 Å². The number of anilines is 1. The Labute approximate surface area is 111 Å². The zero-order chi connectivity index (χ0) is 13.0. The van der Waals surface area contributed by atoms with Crippen molar-refractivity contribution in [1.82, 2.24) is 9.88 Å². The highest BCUT2D eigenvalue weighted by molar-refractivity contribution is 7.13. The molecule has 1 aliphatic rings. The Kier molecular flexibility index (Phi) is 4.54. The van der Waals surface area contributed by atoms with Crippen LogP contribution in [0.5, 0.6) is 0 Å². The SMILES string of the molecule is CCc1csc(N2CCN(CCC(=O)O)CC2)n1. The molecule has 5 nitrogen and oxygen atoms in total. The first-order chi connectivity index (χ1) is 8.69. The second-order valence-electron chi connectivity index (χ2n) is 4.45. The van der Waals surface area contributed by atoms with E-state index in [9.17, 15) is 4.79 Å². The van der Waals surface area contributed by atoms with Crippen LogP contribution in [0, 0.1) is 0 Å². The van der Waals surface area contributed by atoms with Gasteiger partial charge in [0.25, 0.3) is 0 Å². The summed E-state index contributed by atoms with van der Waals surface area (Å²) in [6, 6.07) is 0. The Bertz CT molecular complexity index is 400. The fourth-order valence-corrected chi connectivity index (χ4v) is 2.98. The summed E-state index contributed by atoms with van der Waals surface area (Å²) in [6.45, 7) is 6.50. The lowest BCUT2D eigenvalue weighted by atomic mass is 10.3. The molecule has 0 aliphatic carbocycles. The summed E-state index contributed by atoms with van der Waals surface area (Å²) >= 11 is 1.70. The van der Waals surface area contributed by atoms with Crippen LogP contribution < -0.4 is 4.90 Å². The number of carboxylic acids is 1. The number of aliphatic carboxylic acids is 1. The quantitative estimate of drug-likeness (QED) is 0.873. The molecule has 1 aromatic rings. The molecule has 1 fully saturated rings. The van der Waals surface area contributed by atoms with Gasteiger partial charge in [-0.05, 0) is 6.42 Å². The minimum Gasteiger partial charge on any atom is -0.481 e. The van der Waals surface area contributed by atoms with Gasteiger partial charge in [-0.1, -0.05) is 6.92 Å². The van der Waals surface area contributed by atoms with E-state index in [2.05, 4.69) is 27.1 Å². The van der Waals surface area contributed by atoms with E-state index in [4.69, 9.17) is 5.11 Å². The lowest BCUT2D eigenvalue weighted by Gasteiger charge is -2.34. The number of nitrogens with zero attached hydrogens (tertiary/aromatic N) is 3. The molecule has 1 N–H and O–H groups in total. The van der Waals surface area contributed by atoms with Gasteiger partial charge < -0.3 is 10.0 Å². The topological polar surface area (TPSA) is 56.7 Å². The van der Waals surface area contributed by atoms with Gasteiger partial charge >= 0.3 is 5.97 Å². The second kappa shape index (κ2) is 6.15. The monoisotopic (exact) mass is 269 g/mol. The first-order valence-electron chi connectivity index (χ1n) is 6.32. The zero-order valence-electron chi connectivity index (χ0n) is 10.6. The molecule has 2 heterocycles. The van der Waals surface area contributed by atoms with Crippen LogP contribution in [0.3, 0.4) is 0 Å². The Morgan fingerprint density at radius 2 is 2.17 bits per heavy atom. The van der Waals surface area contributed by atoms with Gasteiger partial charge in [-0.15, -0.1) is 11.3 Å². The van der Waals surface area contributed by atoms with Gasteiger partial charge in [0.1, 0.15) is 0 Å². The zero-order valence-corrected chi connectivity index (χ0v) is 11.4. The molecule has 0 bridgehead atoms. The van der Waals surface area contributed by atoms with E-state index in [0.717, 1.165) is 43.4 Å². The molecule has 100 valence electrons. The van der Waals surface area contributed by atoms with E-state index in [1.807, 2.05) is 0 Å². The fourth-order valence-electron chi connectivity index (χ4n) is 2.02. The van der Waals surface area contributed by atoms with Crippen LogP contribution >= 0.6 is 11.3 Å². The van der Waals surface area contributed by atoms with Gasteiger partial charge in [-0.2, -0.15) is 0 Å². The van der Waals surface area contributed by atoms with Crippen LogP contribution in [-0.2, 0) is 11.2 Å². The van der Waals surface area contributed by atoms with Gasteiger partial charge in [-0.3, -0.25) is 9.69 Å². The number of rotatable bonds is 5. The first kappa shape index (κ1) is 13.3. The number of aryl methyl sites for hydroxylation is 1. The summed E-state index contributed by atoms with van der Waals surface area (Å²) in [5, 5.41) is 11.9. The maximum absolute atomic E-state index is 10.5. The van der Waals surface area contributed by atoms with Gasteiger partial charge in [-0.25, -0.2) is 4.98 Å².